The first kappa shape index (κ1) is 18.4. The number of nitrogens with one attached hydrogen (secondary N) is 1. The van der Waals surface area contributed by atoms with Crippen molar-refractivity contribution in [2.45, 2.75) is 27.3 Å². The van der Waals surface area contributed by atoms with Crippen molar-refractivity contribution in [2.24, 2.45) is 0 Å². The number of benzene rings is 2. The number of rotatable bonds is 5. The number of halogens is 1. The first-order valence-corrected chi connectivity index (χ1v) is 9.79. The minimum atomic E-state index is -0.185. The molecule has 2 aromatic carbocycles. The normalized spacial score (nSPS) is 12.2. The molecule has 130 valence electrons. The van der Waals surface area contributed by atoms with Crippen LogP contribution in [0.25, 0.3) is 0 Å². The lowest BCUT2D eigenvalue weighted by molar-refractivity contribution is 0.621. The van der Waals surface area contributed by atoms with Gasteiger partial charge in [0.1, 0.15) is 0 Å². The number of nitrogens with zero attached hydrogens (tertiary/aromatic N) is 1. The highest BCUT2D eigenvalue weighted by Gasteiger charge is 2.15. The van der Waals surface area contributed by atoms with Gasteiger partial charge in [0.2, 0.25) is 0 Å². The highest BCUT2D eigenvalue weighted by Crippen LogP contribution is 2.31. The largest absolute Gasteiger partial charge is 0.465 e. The van der Waals surface area contributed by atoms with E-state index in [0.29, 0.717) is 17.8 Å². The molecule has 24 heavy (non-hydrogen) atoms. The van der Waals surface area contributed by atoms with Crippen LogP contribution in [0.1, 0.15) is 22.3 Å². The van der Waals surface area contributed by atoms with Gasteiger partial charge in [-0.05, 0) is 38.0 Å². The molecule has 0 aliphatic heterocycles. The Balaban J connectivity index is 2.51. The van der Waals surface area contributed by atoms with Crippen molar-refractivity contribution in [1.29, 1.82) is 0 Å². The number of hydrogen-bond donors (Lipinski definition) is 1. The van der Waals surface area contributed by atoms with Crippen LogP contribution in [0, 0.1) is 26.6 Å². The third-order valence-electron chi connectivity index (χ3n) is 4.02. The van der Waals surface area contributed by atoms with E-state index >= 15 is 0 Å². The van der Waals surface area contributed by atoms with Crippen molar-refractivity contribution in [3.05, 3.63) is 58.4 Å². The van der Waals surface area contributed by atoms with E-state index in [0.717, 1.165) is 11.3 Å². The maximum atomic E-state index is 14.7. The predicted molar refractivity (Wildman–Crippen MR) is 109 cm³/mol. The van der Waals surface area contributed by atoms with Crippen molar-refractivity contribution >= 4 is 32.8 Å². The van der Waals surface area contributed by atoms with Crippen molar-refractivity contribution in [1.82, 2.24) is 0 Å². The second kappa shape index (κ2) is 7.75. The Morgan fingerprint density at radius 1 is 1.21 bits per heavy atom. The van der Waals surface area contributed by atoms with Crippen molar-refractivity contribution in [3.8, 4) is 0 Å². The molecule has 2 nitrogen and oxygen atoms in total. The Morgan fingerprint density at radius 3 is 2.38 bits per heavy atom. The van der Waals surface area contributed by atoms with Crippen molar-refractivity contribution < 1.29 is 4.39 Å². The molecule has 0 radical (unpaired) electrons. The number of anilines is 2. The third kappa shape index (κ3) is 4.12. The summed E-state index contributed by atoms with van der Waals surface area (Å²) in [6.45, 7) is 6.54. The molecule has 2 aromatic rings. The molecule has 0 aliphatic rings. The fourth-order valence-corrected chi connectivity index (χ4v) is 3.37. The lowest BCUT2D eigenvalue weighted by Crippen LogP contribution is -2.23. The Labute approximate surface area is 146 Å². The van der Waals surface area contributed by atoms with E-state index in [1.807, 2.05) is 19.9 Å². The zero-order chi connectivity index (χ0) is 17.9. The summed E-state index contributed by atoms with van der Waals surface area (Å²) in [6.07, 6.45) is 2.06. The van der Waals surface area contributed by atoms with E-state index < -0.39 is 0 Å². The Bertz CT molecular complexity index is 803. The predicted octanol–water partition coefficient (Wildman–Crippen LogP) is 4.24. The van der Waals surface area contributed by atoms with Crippen molar-refractivity contribution in [2.75, 3.05) is 23.5 Å². The van der Waals surface area contributed by atoms with Crippen molar-refractivity contribution in [3.63, 3.8) is 0 Å². The van der Waals surface area contributed by atoms with Crippen LogP contribution in [0.3, 0.4) is 0 Å². The van der Waals surface area contributed by atoms with Crippen LogP contribution in [0.5, 0.6) is 0 Å². The smallest absolute Gasteiger partial charge is 0.151 e. The zero-order valence-corrected chi connectivity index (χ0v) is 15.9. The molecule has 0 aliphatic carbocycles. The van der Waals surface area contributed by atoms with E-state index in [1.165, 1.54) is 11.1 Å². The summed E-state index contributed by atoms with van der Waals surface area (Å²) in [5.41, 5.74) is 7.52. The van der Waals surface area contributed by atoms with Gasteiger partial charge in [-0.25, -0.2) is 10.3 Å². The first-order valence-electron chi connectivity index (χ1n) is 7.92. The van der Waals surface area contributed by atoms with Crippen LogP contribution in [-0.4, -0.2) is 24.7 Å². The highest BCUT2D eigenvalue weighted by molar-refractivity contribution is 7.92. The van der Waals surface area contributed by atoms with E-state index in [-0.39, 0.29) is 15.9 Å². The van der Waals surface area contributed by atoms with E-state index in [9.17, 15) is 4.39 Å². The molecule has 0 bridgehead atoms. The third-order valence-corrected chi connectivity index (χ3v) is 4.64. The average Bonchev–Trinajstić information content (AvgIpc) is 2.52. The van der Waals surface area contributed by atoms with Gasteiger partial charge in [0, 0.05) is 24.8 Å². The molecule has 0 saturated heterocycles. The Kier molecular flexibility index (Phi) is 5.94. The molecule has 0 aromatic heterocycles. The lowest BCUT2D eigenvalue weighted by atomic mass is 10.1. The fraction of sp³-hybridized carbons (Fsp3) is 0.300. The van der Waals surface area contributed by atoms with Crippen LogP contribution in [0.4, 0.5) is 15.8 Å². The summed E-state index contributed by atoms with van der Waals surface area (Å²) >= 11 is 0. The second-order valence-corrected chi connectivity index (χ2v) is 7.78. The molecule has 0 unspecified atom stereocenters. The monoisotopic (exact) mass is 345 g/mol. The maximum absolute atomic E-state index is 14.7. The molecule has 0 spiro atoms. The molecule has 0 atom stereocenters. The van der Waals surface area contributed by atoms with E-state index in [1.54, 1.807) is 7.05 Å². The summed E-state index contributed by atoms with van der Waals surface area (Å²) in [4.78, 5) is 2.12. The van der Waals surface area contributed by atoms with Gasteiger partial charge in [0.25, 0.3) is 0 Å². The van der Waals surface area contributed by atoms with Gasteiger partial charge in [-0.1, -0.05) is 29.8 Å². The van der Waals surface area contributed by atoms with E-state index in [4.69, 9.17) is 0 Å². The minimum Gasteiger partial charge on any atom is -0.465 e. The Hall–Kier alpha value is -1.94. The van der Waals surface area contributed by atoms with Gasteiger partial charge < -0.3 is 20.3 Å². The minimum absolute atomic E-state index is 0.140. The number of aryl methyl sites for hydroxylation is 2. The standard InChI is InChI=1S/C20H26FN2S/c1-14-7-9-17(10-8-14)12-23(13-24(5)6)18-11-15(2)20(22-4)19(21)16(18)3/h7-11,13,22H,5,12H2,1-4,6H3/q-1. The molecule has 0 fully saturated rings. The average molecular weight is 346 g/mol. The summed E-state index contributed by atoms with van der Waals surface area (Å²) in [5.74, 6) is 3.91. The van der Waals surface area contributed by atoms with Crippen LogP contribution < -0.4 is 10.2 Å². The van der Waals surface area contributed by atoms with Gasteiger partial charge in [-0.3, -0.25) is 0 Å². The Morgan fingerprint density at radius 2 is 1.83 bits per heavy atom. The quantitative estimate of drug-likeness (QED) is 0.644. The topological polar surface area (TPSA) is 15.3 Å². The SMILES string of the molecule is C=[S-](/C)=C\N(Cc1ccc(C)cc1)c1cc(C)c(NC)c(F)c1C. The van der Waals surface area contributed by atoms with Gasteiger partial charge >= 0.3 is 0 Å². The molecule has 1 N–H and O–H groups in total. The molecular formula is C20H26FN2S-. The van der Waals surface area contributed by atoms with Crippen LogP contribution >= 0.6 is 0 Å². The van der Waals surface area contributed by atoms with Crippen LogP contribution in [-0.2, 0) is 16.6 Å². The molecule has 0 amide bonds. The molecule has 0 saturated carbocycles. The first-order chi connectivity index (χ1) is 11.3. The second-order valence-electron chi connectivity index (χ2n) is 6.19. The zero-order valence-electron chi connectivity index (χ0n) is 15.1. The maximum Gasteiger partial charge on any atom is 0.151 e. The molecule has 4 heteroatoms. The van der Waals surface area contributed by atoms with Crippen LogP contribution in [0.15, 0.2) is 30.3 Å². The van der Waals surface area contributed by atoms with Gasteiger partial charge in [-0.15, -0.1) is 11.7 Å². The summed E-state index contributed by atoms with van der Waals surface area (Å²) in [5, 5.41) is 2.95. The molecule has 2 rings (SSSR count). The summed E-state index contributed by atoms with van der Waals surface area (Å²) < 4.78 is 14.7. The molecular weight excluding hydrogens is 319 g/mol. The van der Waals surface area contributed by atoms with Gasteiger partial charge in [0.15, 0.2) is 5.82 Å². The summed E-state index contributed by atoms with van der Waals surface area (Å²) in [7, 11) is 1.61. The van der Waals surface area contributed by atoms with E-state index in [2.05, 4.69) is 59.0 Å². The van der Waals surface area contributed by atoms with Crippen LogP contribution in [0.2, 0.25) is 0 Å². The molecule has 0 heterocycles. The summed E-state index contributed by atoms with van der Waals surface area (Å²) in [6, 6.07) is 10.5. The number of hydrogen-bond acceptors (Lipinski definition) is 2. The van der Waals surface area contributed by atoms with Gasteiger partial charge in [-0.2, -0.15) is 0 Å². The fourth-order valence-electron chi connectivity index (χ4n) is 2.75. The highest BCUT2D eigenvalue weighted by atomic mass is 32.2. The van der Waals surface area contributed by atoms with Gasteiger partial charge in [0.05, 0.1) is 5.69 Å². The lowest BCUT2D eigenvalue weighted by Gasteiger charge is -2.28.